The van der Waals surface area contributed by atoms with E-state index in [9.17, 15) is 5.48 Å². The van der Waals surface area contributed by atoms with E-state index >= 15 is 0 Å². The number of aryl methyl sites for hydroxylation is 2. The van der Waals surface area contributed by atoms with Gasteiger partial charge in [0.15, 0.2) is 0 Å². The van der Waals surface area contributed by atoms with E-state index in [4.69, 9.17) is 8.22 Å². The van der Waals surface area contributed by atoms with Gasteiger partial charge in [0.2, 0.25) is 0 Å². The van der Waals surface area contributed by atoms with Crippen molar-refractivity contribution in [3.63, 3.8) is 0 Å². The summed E-state index contributed by atoms with van der Waals surface area (Å²) in [5.41, 5.74) is 13.8. The Bertz CT molecular complexity index is 4830. The molecule has 0 amide bonds. The second-order valence-electron chi connectivity index (χ2n) is 18.7. The summed E-state index contributed by atoms with van der Waals surface area (Å²) in [4.78, 5) is 3.73. The molecule has 4 nitrogen and oxygen atoms in total. The molecule has 0 bridgehead atoms. The fourth-order valence-electron chi connectivity index (χ4n) is 11.7. The minimum atomic E-state index is -0.468. The van der Waals surface area contributed by atoms with Gasteiger partial charge in [0.05, 0.1) is 69.6 Å². The Hall–Kier alpha value is -9.38. The average Bonchev–Trinajstić information content (AvgIpc) is 3.43. The smallest absolute Gasteiger partial charge is 0.0645 e. The van der Waals surface area contributed by atoms with E-state index in [1.165, 1.54) is 0 Å². The maximum absolute atomic E-state index is 9.50. The van der Waals surface area contributed by atoms with Crippen molar-refractivity contribution < 1.29 is 13.7 Å². The first-order chi connectivity index (χ1) is 39.7. The highest BCUT2D eigenvalue weighted by atomic mass is 15.2. The number of aromatic nitrogens is 2. The first-order valence-electron chi connectivity index (χ1n) is 29.1. The summed E-state index contributed by atoms with van der Waals surface area (Å²) >= 11 is 0. The Kier molecular flexibility index (Phi) is 6.85. The van der Waals surface area contributed by atoms with Crippen LogP contribution in [0.1, 0.15) is 24.8 Å². The largest absolute Gasteiger partial charge is 0.309 e. The van der Waals surface area contributed by atoms with E-state index < -0.39 is 36.3 Å². The number of hydrogen-bond acceptors (Lipinski definition) is 2. The topological polar surface area (TPSA) is 15.3 Å². The Morgan fingerprint density at radius 3 is 1.15 bits per heavy atom. The predicted octanol–water partition coefficient (Wildman–Crippen LogP) is 18.9. The van der Waals surface area contributed by atoms with Crippen molar-refractivity contribution in [1.29, 1.82) is 0 Å². The lowest BCUT2D eigenvalue weighted by atomic mass is 9.98. The molecule has 72 heavy (non-hydrogen) atoms. The summed E-state index contributed by atoms with van der Waals surface area (Å²) in [5, 5.41) is 7.45. The molecule has 4 heteroatoms. The van der Waals surface area contributed by atoms with Gasteiger partial charge in [-0.2, -0.15) is 0 Å². The first-order valence-corrected chi connectivity index (χ1v) is 24.1. The Morgan fingerprint density at radius 1 is 0.333 bits per heavy atom. The molecule has 11 aromatic carbocycles. The van der Waals surface area contributed by atoms with Crippen molar-refractivity contribution in [3.05, 3.63) is 254 Å². The molecule has 0 radical (unpaired) electrons. The summed E-state index contributed by atoms with van der Waals surface area (Å²) in [6.45, 7) is 4.04. The zero-order valence-electron chi connectivity index (χ0n) is 49.1. The molecular weight excluding hydrogens is 873 g/mol. The summed E-state index contributed by atoms with van der Waals surface area (Å²) in [6, 6.07) is 57.3. The Morgan fingerprint density at radius 2 is 0.722 bits per heavy atom. The second kappa shape index (κ2) is 15.6. The fourth-order valence-corrected chi connectivity index (χ4v) is 11.7. The zero-order chi connectivity index (χ0) is 56.3. The molecule has 0 unspecified atom stereocenters. The number of nitrogens with zero attached hydrogens (tertiary/aromatic N) is 4. The monoisotopic (exact) mass is 928 g/mol. The van der Waals surface area contributed by atoms with Crippen LogP contribution in [0.2, 0.25) is 0 Å². The van der Waals surface area contributed by atoms with E-state index in [0.717, 1.165) is 110 Å². The van der Waals surface area contributed by atoms with Crippen LogP contribution in [-0.2, 0) is 0 Å². The van der Waals surface area contributed by atoms with Crippen LogP contribution in [0.15, 0.2) is 242 Å². The van der Waals surface area contributed by atoms with Crippen LogP contribution in [0.5, 0.6) is 0 Å². The van der Waals surface area contributed by atoms with E-state index in [-0.39, 0.29) is 35.5 Å². The van der Waals surface area contributed by atoms with Crippen LogP contribution in [0.3, 0.4) is 0 Å². The number of hydrogen-bond donors (Lipinski definition) is 0. The lowest BCUT2D eigenvalue weighted by Gasteiger charge is -2.29. The molecule has 15 rings (SSSR count). The summed E-state index contributed by atoms with van der Waals surface area (Å²) in [5.74, 6) is 0. The van der Waals surface area contributed by atoms with Crippen molar-refractivity contribution in [2.45, 2.75) is 13.8 Å². The normalized spacial score (nSPS) is 14.0. The standard InChI is InChI=1S/C68H46N4/c1-43-31-35-59(53(39-43)45-19-7-3-8-20-45)69(47-23-11-5-12-24-47)61-37-33-49-55-41-64-56(42-63(55)71-57-29-17-15-27-51(57)65(61)67(49)71)50-34-38-62(66-52-28-16-18-30-58(52)72(64)68(50)66)70(48-25-13-6-14-26-48)60-36-32-44(2)40-54(60)46-21-9-4-10-22-46/h3-42H,1-2H3/i5D,6D,11D,12D,13D,14D,23D,24D,25D,26D. The van der Waals surface area contributed by atoms with Crippen molar-refractivity contribution in [3.8, 4) is 22.3 Å². The molecule has 4 aromatic heterocycles. The van der Waals surface area contributed by atoms with Gasteiger partial charge in [-0.05, 0) is 110 Å². The van der Waals surface area contributed by atoms with Crippen LogP contribution in [0.4, 0.5) is 34.1 Å². The van der Waals surface area contributed by atoms with Crippen LogP contribution < -0.4 is 9.80 Å². The maximum atomic E-state index is 9.50. The Balaban J connectivity index is 1.04. The van der Waals surface area contributed by atoms with Gasteiger partial charge in [-0.3, -0.25) is 0 Å². The van der Waals surface area contributed by atoms with Gasteiger partial charge in [0.1, 0.15) is 0 Å². The highest BCUT2D eigenvalue weighted by Gasteiger charge is 2.29. The molecule has 0 aliphatic rings. The van der Waals surface area contributed by atoms with Crippen LogP contribution in [0, 0.1) is 13.8 Å². The highest BCUT2D eigenvalue weighted by molar-refractivity contribution is 6.32. The van der Waals surface area contributed by atoms with E-state index in [1.54, 1.807) is 0 Å². The van der Waals surface area contributed by atoms with Crippen molar-refractivity contribution in [2.75, 3.05) is 9.80 Å². The summed E-state index contributed by atoms with van der Waals surface area (Å²) in [6.07, 6.45) is 0. The van der Waals surface area contributed by atoms with Gasteiger partial charge in [0.25, 0.3) is 0 Å². The number of fused-ring (bicyclic) bond motifs is 12. The molecule has 0 saturated carbocycles. The highest BCUT2D eigenvalue weighted by Crippen LogP contribution is 2.53. The minimum absolute atomic E-state index is 0.0388. The molecule has 0 N–H and O–H groups in total. The first kappa shape index (κ1) is 31.7. The number of anilines is 6. The van der Waals surface area contributed by atoms with E-state index in [2.05, 4.69) is 69.5 Å². The molecule has 0 saturated heterocycles. The minimum Gasteiger partial charge on any atom is -0.309 e. The Labute approximate surface area is 430 Å². The summed E-state index contributed by atoms with van der Waals surface area (Å²) in [7, 11) is 0. The van der Waals surface area contributed by atoms with Gasteiger partial charge in [-0.15, -0.1) is 0 Å². The predicted molar refractivity (Wildman–Crippen MR) is 305 cm³/mol. The van der Waals surface area contributed by atoms with Gasteiger partial charge in [-0.1, -0.05) is 169 Å². The molecule has 0 atom stereocenters. The van der Waals surface area contributed by atoms with Crippen LogP contribution in [0.25, 0.3) is 98.4 Å². The molecule has 4 heterocycles. The number of para-hydroxylation sites is 4. The van der Waals surface area contributed by atoms with E-state index in [1.807, 2.05) is 145 Å². The van der Waals surface area contributed by atoms with Crippen molar-refractivity contribution in [2.24, 2.45) is 0 Å². The SMILES string of the molecule is [2H]c1c([2H])c([2H])c(N(c2ccc(C)cc2-c2ccccc2)c2ccc3c4cc5c(cc4n4c6ccccc6c2c34)c2ccc(N(c3ccc(C)cc3-c3ccccc3)c3c([2H])c([2H])c([2H])c([2H])c3[2H])c3c4ccccc4n5c23)c([2H])c1[2H]. The third kappa shape index (κ3) is 5.81. The van der Waals surface area contributed by atoms with Gasteiger partial charge in [-0.25, -0.2) is 0 Å². The van der Waals surface area contributed by atoms with Gasteiger partial charge in [0, 0.05) is 65.6 Å². The van der Waals surface area contributed by atoms with Crippen LogP contribution in [-0.4, -0.2) is 8.80 Å². The molecule has 15 aromatic rings. The lowest BCUT2D eigenvalue weighted by molar-refractivity contribution is 1.29. The molecule has 0 fully saturated rings. The molecular formula is C68H46N4. The average molecular weight is 929 g/mol. The number of rotatable bonds is 8. The quantitative estimate of drug-likeness (QED) is 0.151. The fraction of sp³-hybridized carbons (Fsp3) is 0.0294. The molecule has 0 aliphatic carbocycles. The van der Waals surface area contributed by atoms with E-state index in [0.29, 0.717) is 22.7 Å². The van der Waals surface area contributed by atoms with Crippen LogP contribution >= 0.6 is 0 Å². The lowest BCUT2D eigenvalue weighted by Crippen LogP contribution is -2.11. The maximum Gasteiger partial charge on any atom is 0.0645 e. The molecule has 0 spiro atoms. The van der Waals surface area contributed by atoms with Crippen molar-refractivity contribution in [1.82, 2.24) is 8.80 Å². The van der Waals surface area contributed by atoms with Gasteiger partial charge >= 0.3 is 0 Å². The number of benzene rings is 11. The van der Waals surface area contributed by atoms with Crippen molar-refractivity contribution >= 4 is 110 Å². The molecule has 0 aliphatic heterocycles. The van der Waals surface area contributed by atoms with Gasteiger partial charge < -0.3 is 18.6 Å². The second-order valence-corrected chi connectivity index (χ2v) is 18.7. The zero-order valence-corrected chi connectivity index (χ0v) is 39.1. The third-order valence-corrected chi connectivity index (χ3v) is 14.6. The summed E-state index contributed by atoms with van der Waals surface area (Å²) < 4.78 is 95.7. The third-order valence-electron chi connectivity index (χ3n) is 14.6. The molecule has 338 valence electrons.